The van der Waals surface area contributed by atoms with Crippen LogP contribution in [-0.4, -0.2) is 46.9 Å². The van der Waals surface area contributed by atoms with E-state index in [9.17, 15) is 19.2 Å². The Morgan fingerprint density at radius 1 is 1.04 bits per heavy atom. The number of nitrogens with zero attached hydrogens (tertiary/aromatic N) is 1. The number of imide groups is 1. The molecule has 1 aliphatic heterocycles. The zero-order chi connectivity index (χ0) is 19.6. The lowest BCUT2D eigenvalue weighted by Gasteiger charge is -2.27. The van der Waals surface area contributed by atoms with Crippen LogP contribution in [0.15, 0.2) is 24.3 Å². The molecule has 0 bridgehead atoms. The molecule has 1 heterocycles. The lowest BCUT2D eigenvalue weighted by molar-refractivity contribution is -0.168. The fraction of sp³-hybridized carbons (Fsp3) is 0.474. The number of ether oxygens (including phenoxy) is 2. The molecule has 2 rings (SSSR count). The molecular weight excluding hydrogens is 338 g/mol. The van der Waals surface area contributed by atoms with Gasteiger partial charge in [-0.25, -0.2) is 9.59 Å². The third-order valence-corrected chi connectivity index (χ3v) is 3.73. The minimum atomic E-state index is -1.12. The van der Waals surface area contributed by atoms with E-state index in [4.69, 9.17) is 9.47 Å². The summed E-state index contributed by atoms with van der Waals surface area (Å²) in [6, 6.07) is 5.26. The fourth-order valence-corrected chi connectivity index (χ4v) is 2.72. The second-order valence-corrected chi connectivity index (χ2v) is 7.41. The summed E-state index contributed by atoms with van der Waals surface area (Å²) in [6.07, 6.45) is 0. The maximum absolute atomic E-state index is 12.6. The van der Waals surface area contributed by atoms with Crippen LogP contribution in [0.2, 0.25) is 0 Å². The molecule has 0 saturated heterocycles. The first-order valence-corrected chi connectivity index (χ1v) is 8.38. The third-order valence-electron chi connectivity index (χ3n) is 3.73. The molecular formula is C19H23NO6. The van der Waals surface area contributed by atoms with Gasteiger partial charge in [0.1, 0.15) is 11.6 Å². The summed E-state index contributed by atoms with van der Waals surface area (Å²) in [5.41, 5.74) is -0.199. The molecule has 1 aromatic carbocycles. The number of esters is 2. The Hall–Kier alpha value is -2.70. The number of benzene rings is 1. The van der Waals surface area contributed by atoms with Gasteiger partial charge < -0.3 is 9.47 Å². The van der Waals surface area contributed by atoms with Gasteiger partial charge in [-0.3, -0.25) is 14.5 Å². The largest absolute Gasteiger partial charge is 0.457 e. The molecule has 0 N–H and O–H groups in total. The van der Waals surface area contributed by atoms with Crippen LogP contribution in [0.25, 0.3) is 0 Å². The van der Waals surface area contributed by atoms with Crippen molar-refractivity contribution in [2.24, 2.45) is 5.92 Å². The highest BCUT2D eigenvalue weighted by molar-refractivity contribution is 6.22. The predicted molar refractivity (Wildman–Crippen MR) is 92.4 cm³/mol. The molecule has 140 valence electrons. The lowest BCUT2D eigenvalue weighted by Crippen LogP contribution is -2.49. The van der Waals surface area contributed by atoms with E-state index < -0.39 is 42.0 Å². The Kier molecular flexibility index (Phi) is 5.49. The highest BCUT2D eigenvalue weighted by Crippen LogP contribution is 2.27. The van der Waals surface area contributed by atoms with Crippen molar-refractivity contribution in [1.29, 1.82) is 0 Å². The number of hydrogen-bond donors (Lipinski definition) is 0. The summed E-state index contributed by atoms with van der Waals surface area (Å²) in [7, 11) is 0. The van der Waals surface area contributed by atoms with Crippen molar-refractivity contribution in [3.63, 3.8) is 0 Å². The molecule has 0 fully saturated rings. The maximum Gasteiger partial charge on any atom is 0.344 e. The first-order valence-electron chi connectivity index (χ1n) is 8.38. The van der Waals surface area contributed by atoms with Crippen LogP contribution in [0.4, 0.5) is 0 Å². The maximum atomic E-state index is 12.6. The molecule has 0 aliphatic carbocycles. The topological polar surface area (TPSA) is 90.0 Å². The second-order valence-electron chi connectivity index (χ2n) is 7.41. The summed E-state index contributed by atoms with van der Waals surface area (Å²) in [4.78, 5) is 50.3. The van der Waals surface area contributed by atoms with Crippen LogP contribution in [0.3, 0.4) is 0 Å². The molecule has 0 unspecified atom stereocenters. The van der Waals surface area contributed by atoms with Gasteiger partial charge in [-0.15, -0.1) is 0 Å². The monoisotopic (exact) mass is 361 g/mol. The Morgan fingerprint density at radius 3 is 1.96 bits per heavy atom. The highest BCUT2D eigenvalue weighted by atomic mass is 16.6. The number of hydrogen-bond acceptors (Lipinski definition) is 6. The van der Waals surface area contributed by atoms with Gasteiger partial charge in [-0.2, -0.15) is 0 Å². The van der Waals surface area contributed by atoms with Crippen molar-refractivity contribution in [2.45, 2.75) is 46.3 Å². The quantitative estimate of drug-likeness (QED) is 0.590. The molecule has 2 amide bonds. The molecule has 0 radical (unpaired) electrons. The average molecular weight is 361 g/mol. The van der Waals surface area contributed by atoms with Crippen molar-refractivity contribution in [3.05, 3.63) is 35.4 Å². The molecule has 1 atom stereocenters. The first kappa shape index (κ1) is 19.6. The molecule has 0 spiro atoms. The van der Waals surface area contributed by atoms with E-state index in [2.05, 4.69) is 0 Å². The highest BCUT2D eigenvalue weighted by Gasteiger charge is 2.44. The first-order chi connectivity index (χ1) is 12.0. The van der Waals surface area contributed by atoms with Crippen molar-refractivity contribution in [3.8, 4) is 0 Å². The van der Waals surface area contributed by atoms with Crippen LogP contribution in [0.1, 0.15) is 55.3 Å². The van der Waals surface area contributed by atoms with Gasteiger partial charge >= 0.3 is 11.9 Å². The van der Waals surface area contributed by atoms with E-state index in [1.807, 2.05) is 0 Å². The molecule has 0 aromatic heterocycles. The minimum absolute atomic E-state index is 0.253. The molecule has 26 heavy (non-hydrogen) atoms. The Balaban J connectivity index is 2.15. The smallest absolute Gasteiger partial charge is 0.344 e. The number of carbonyl (C=O) groups excluding carboxylic acids is 4. The lowest BCUT2D eigenvalue weighted by atomic mass is 10.0. The van der Waals surface area contributed by atoms with Gasteiger partial charge in [-0.05, 0) is 38.8 Å². The zero-order valence-electron chi connectivity index (χ0n) is 15.6. The zero-order valence-corrected chi connectivity index (χ0v) is 15.6. The van der Waals surface area contributed by atoms with Crippen LogP contribution < -0.4 is 0 Å². The molecule has 7 nitrogen and oxygen atoms in total. The predicted octanol–water partition coefficient (Wildman–Crippen LogP) is 2.19. The molecule has 1 aromatic rings. The van der Waals surface area contributed by atoms with E-state index in [0.717, 1.165) is 4.90 Å². The van der Waals surface area contributed by atoms with Crippen LogP contribution >= 0.6 is 0 Å². The number of fused-ring (bicyclic) bond motifs is 1. The van der Waals surface area contributed by atoms with Crippen LogP contribution in [0.5, 0.6) is 0 Å². The Morgan fingerprint density at radius 2 is 1.54 bits per heavy atom. The van der Waals surface area contributed by atoms with Crippen molar-refractivity contribution in [2.75, 3.05) is 6.61 Å². The van der Waals surface area contributed by atoms with Gasteiger partial charge in [-0.1, -0.05) is 26.0 Å². The van der Waals surface area contributed by atoms with Gasteiger partial charge in [0, 0.05) is 0 Å². The second kappa shape index (κ2) is 7.27. The van der Waals surface area contributed by atoms with E-state index >= 15 is 0 Å². The van der Waals surface area contributed by atoms with Gasteiger partial charge in [0.15, 0.2) is 6.61 Å². The Bertz CT molecular complexity index is 712. The van der Waals surface area contributed by atoms with E-state index in [1.54, 1.807) is 58.9 Å². The SMILES string of the molecule is CC(C)[C@@H](C(=O)OCC(=O)OC(C)(C)C)N1C(=O)c2ccccc2C1=O. The van der Waals surface area contributed by atoms with Gasteiger partial charge in [0.2, 0.25) is 0 Å². The summed E-state index contributed by atoms with van der Waals surface area (Å²) in [5.74, 6) is -2.99. The van der Waals surface area contributed by atoms with Crippen LogP contribution in [-0.2, 0) is 19.1 Å². The number of amides is 2. The normalized spacial score (nSPS) is 15.1. The minimum Gasteiger partial charge on any atom is -0.457 e. The summed E-state index contributed by atoms with van der Waals surface area (Å²) in [6.45, 7) is 7.90. The number of carbonyl (C=O) groups is 4. The fourth-order valence-electron chi connectivity index (χ4n) is 2.72. The van der Waals surface area contributed by atoms with E-state index in [1.165, 1.54) is 0 Å². The Labute approximate surface area is 152 Å². The van der Waals surface area contributed by atoms with Crippen LogP contribution in [0, 0.1) is 5.92 Å². The standard InChI is InChI=1S/C19H23NO6/c1-11(2)15(18(24)25-10-14(21)26-19(3,4)5)20-16(22)12-8-6-7-9-13(12)17(20)23/h6-9,11,15H,10H2,1-5H3/t15-/m0/s1. The summed E-state index contributed by atoms with van der Waals surface area (Å²) in [5, 5.41) is 0. The van der Waals surface area contributed by atoms with E-state index in [0.29, 0.717) is 0 Å². The number of rotatable bonds is 5. The van der Waals surface area contributed by atoms with Gasteiger partial charge in [0.25, 0.3) is 11.8 Å². The third kappa shape index (κ3) is 4.09. The van der Waals surface area contributed by atoms with Crippen molar-refractivity contribution in [1.82, 2.24) is 4.90 Å². The average Bonchev–Trinajstić information content (AvgIpc) is 2.77. The van der Waals surface area contributed by atoms with Gasteiger partial charge in [0.05, 0.1) is 11.1 Å². The van der Waals surface area contributed by atoms with Crippen molar-refractivity contribution >= 4 is 23.8 Å². The summed E-state index contributed by atoms with van der Waals surface area (Å²) >= 11 is 0. The van der Waals surface area contributed by atoms with Crippen molar-refractivity contribution < 1.29 is 28.7 Å². The molecule has 7 heteroatoms. The molecule has 1 aliphatic rings. The summed E-state index contributed by atoms with van der Waals surface area (Å²) < 4.78 is 10.1. The van der Waals surface area contributed by atoms with E-state index in [-0.39, 0.29) is 17.0 Å². The molecule has 0 saturated carbocycles.